The first kappa shape index (κ1) is 12.2. The Labute approximate surface area is 111 Å². The van der Waals surface area contributed by atoms with Gasteiger partial charge in [-0.05, 0) is 50.1 Å². The third-order valence-electron chi connectivity index (χ3n) is 5.28. The maximum Gasteiger partial charge on any atom is 0.0130 e. The first-order valence-electron chi connectivity index (χ1n) is 7.58. The zero-order valence-corrected chi connectivity index (χ0v) is 11.7. The maximum atomic E-state index is 2.68. The molecule has 2 aliphatic rings. The summed E-state index contributed by atoms with van der Waals surface area (Å²) in [5.41, 5.74) is 1.58. The molecule has 2 saturated heterocycles. The van der Waals surface area contributed by atoms with Gasteiger partial charge in [0.1, 0.15) is 0 Å². The molecule has 0 spiro atoms. The first-order chi connectivity index (χ1) is 8.81. The van der Waals surface area contributed by atoms with Crippen molar-refractivity contribution in [2.75, 3.05) is 7.05 Å². The second-order valence-corrected chi connectivity index (χ2v) is 6.17. The van der Waals surface area contributed by atoms with Gasteiger partial charge in [0.2, 0.25) is 0 Å². The van der Waals surface area contributed by atoms with Gasteiger partial charge in [0.25, 0.3) is 0 Å². The zero-order valence-electron chi connectivity index (χ0n) is 11.7. The minimum atomic E-state index is 0.805. The molecular formula is C17H25N. The van der Waals surface area contributed by atoms with Crippen molar-refractivity contribution >= 4 is 0 Å². The fourth-order valence-electron chi connectivity index (χ4n) is 4.39. The lowest BCUT2D eigenvalue weighted by Crippen LogP contribution is -2.45. The molecule has 2 bridgehead atoms. The number of hydrogen-bond acceptors (Lipinski definition) is 1. The molecule has 1 nitrogen and oxygen atoms in total. The van der Waals surface area contributed by atoms with E-state index >= 15 is 0 Å². The summed E-state index contributed by atoms with van der Waals surface area (Å²) in [7, 11) is 2.35. The lowest BCUT2D eigenvalue weighted by molar-refractivity contribution is 0.0940. The van der Waals surface area contributed by atoms with Crippen molar-refractivity contribution in [2.24, 2.45) is 5.92 Å². The standard InChI is InChI=1S/C17H25N/c1-3-7-15-16(13-8-5-4-6-9-13)12-14-10-11-17(15)18(14)2/h4-6,8-9,14-17H,3,7,10-12H2,1-2H3/t14-,15-,16-,17+/m0/s1. The van der Waals surface area contributed by atoms with Crippen molar-refractivity contribution in [2.45, 2.75) is 57.0 Å². The molecule has 2 fully saturated rings. The van der Waals surface area contributed by atoms with Gasteiger partial charge in [0.15, 0.2) is 0 Å². The lowest BCUT2D eigenvalue weighted by atomic mass is 9.74. The Kier molecular flexibility index (Phi) is 3.43. The highest BCUT2D eigenvalue weighted by atomic mass is 15.2. The van der Waals surface area contributed by atoms with Crippen LogP contribution >= 0.6 is 0 Å². The molecule has 1 aromatic carbocycles. The normalized spacial score (nSPS) is 35.9. The molecule has 0 aliphatic carbocycles. The van der Waals surface area contributed by atoms with Gasteiger partial charge in [-0.3, -0.25) is 0 Å². The van der Waals surface area contributed by atoms with Crippen LogP contribution in [0.2, 0.25) is 0 Å². The second-order valence-electron chi connectivity index (χ2n) is 6.17. The van der Waals surface area contributed by atoms with Crippen LogP contribution in [0.5, 0.6) is 0 Å². The summed E-state index contributed by atoms with van der Waals surface area (Å²) in [4.78, 5) is 2.68. The molecule has 2 heterocycles. The maximum absolute atomic E-state index is 2.68. The van der Waals surface area contributed by atoms with Gasteiger partial charge < -0.3 is 4.90 Å². The molecule has 0 unspecified atom stereocenters. The van der Waals surface area contributed by atoms with Crippen molar-refractivity contribution < 1.29 is 0 Å². The van der Waals surface area contributed by atoms with Gasteiger partial charge >= 0.3 is 0 Å². The molecule has 1 heteroatoms. The highest BCUT2D eigenvalue weighted by molar-refractivity contribution is 5.23. The average molecular weight is 243 g/mol. The van der Waals surface area contributed by atoms with Gasteiger partial charge in [0, 0.05) is 12.1 Å². The molecule has 2 aliphatic heterocycles. The third-order valence-corrected chi connectivity index (χ3v) is 5.28. The molecule has 0 saturated carbocycles. The van der Waals surface area contributed by atoms with Gasteiger partial charge in [0.05, 0.1) is 0 Å². The molecule has 4 atom stereocenters. The van der Waals surface area contributed by atoms with Crippen LogP contribution in [0, 0.1) is 5.92 Å². The number of hydrogen-bond donors (Lipinski definition) is 0. The zero-order chi connectivity index (χ0) is 12.5. The molecule has 1 aromatic rings. The van der Waals surface area contributed by atoms with Gasteiger partial charge in [-0.25, -0.2) is 0 Å². The van der Waals surface area contributed by atoms with E-state index in [0.29, 0.717) is 0 Å². The van der Waals surface area contributed by atoms with E-state index in [1.165, 1.54) is 32.1 Å². The smallest absolute Gasteiger partial charge is 0.0130 e. The SMILES string of the molecule is CCC[C@@H]1[C@H]2CC[C@@H](C[C@H]1c1ccccc1)N2C. The number of fused-ring (bicyclic) bond motifs is 2. The minimum absolute atomic E-state index is 0.805. The van der Waals surface area contributed by atoms with Crippen molar-refractivity contribution in [3.63, 3.8) is 0 Å². The van der Waals surface area contributed by atoms with Crippen LogP contribution in [0.1, 0.15) is 50.5 Å². The predicted molar refractivity (Wildman–Crippen MR) is 76.8 cm³/mol. The highest BCUT2D eigenvalue weighted by Crippen LogP contribution is 2.47. The molecule has 18 heavy (non-hydrogen) atoms. The molecular weight excluding hydrogens is 218 g/mol. The van der Waals surface area contributed by atoms with Crippen molar-refractivity contribution in [3.05, 3.63) is 35.9 Å². The van der Waals surface area contributed by atoms with Crippen LogP contribution in [-0.4, -0.2) is 24.0 Å². The van der Waals surface area contributed by atoms with Crippen LogP contribution in [0.4, 0.5) is 0 Å². The third kappa shape index (κ3) is 1.99. The first-order valence-corrected chi connectivity index (χ1v) is 7.58. The van der Waals surface area contributed by atoms with E-state index in [0.717, 1.165) is 23.9 Å². The minimum Gasteiger partial charge on any atom is -0.300 e. The van der Waals surface area contributed by atoms with E-state index in [9.17, 15) is 0 Å². The summed E-state index contributed by atoms with van der Waals surface area (Å²) >= 11 is 0. The monoisotopic (exact) mass is 243 g/mol. The fraction of sp³-hybridized carbons (Fsp3) is 0.647. The summed E-state index contributed by atoms with van der Waals surface area (Å²) < 4.78 is 0. The largest absolute Gasteiger partial charge is 0.300 e. The Balaban J connectivity index is 1.89. The van der Waals surface area contributed by atoms with Crippen LogP contribution in [-0.2, 0) is 0 Å². The number of rotatable bonds is 3. The average Bonchev–Trinajstić information content (AvgIpc) is 2.65. The van der Waals surface area contributed by atoms with Crippen molar-refractivity contribution in [1.29, 1.82) is 0 Å². The Morgan fingerprint density at radius 1 is 1.17 bits per heavy atom. The number of nitrogens with zero attached hydrogens (tertiary/aromatic N) is 1. The van der Waals surface area contributed by atoms with E-state index in [4.69, 9.17) is 0 Å². The van der Waals surface area contributed by atoms with E-state index in [1.807, 2.05) is 0 Å². The summed E-state index contributed by atoms with van der Waals surface area (Å²) in [6.45, 7) is 2.34. The topological polar surface area (TPSA) is 3.24 Å². The summed E-state index contributed by atoms with van der Waals surface area (Å²) in [6, 6.07) is 12.9. The summed E-state index contributed by atoms with van der Waals surface area (Å²) in [5.74, 6) is 1.68. The molecule has 0 radical (unpaired) electrons. The number of benzene rings is 1. The van der Waals surface area contributed by atoms with Crippen LogP contribution < -0.4 is 0 Å². The van der Waals surface area contributed by atoms with Gasteiger partial charge in [-0.1, -0.05) is 43.7 Å². The Hall–Kier alpha value is -0.820. The number of piperidine rings is 1. The molecule has 3 rings (SSSR count). The second kappa shape index (κ2) is 5.05. The van der Waals surface area contributed by atoms with E-state index in [1.54, 1.807) is 5.56 Å². The van der Waals surface area contributed by atoms with Crippen LogP contribution in [0.15, 0.2) is 30.3 Å². The Bertz CT molecular complexity index is 386. The van der Waals surface area contributed by atoms with Gasteiger partial charge in [-0.15, -0.1) is 0 Å². The molecule has 0 amide bonds. The van der Waals surface area contributed by atoms with E-state index in [-0.39, 0.29) is 0 Å². The van der Waals surface area contributed by atoms with Crippen LogP contribution in [0.3, 0.4) is 0 Å². The fourth-order valence-corrected chi connectivity index (χ4v) is 4.39. The molecule has 0 N–H and O–H groups in total. The predicted octanol–water partition coefficient (Wildman–Crippen LogP) is 4.05. The van der Waals surface area contributed by atoms with Gasteiger partial charge in [-0.2, -0.15) is 0 Å². The quantitative estimate of drug-likeness (QED) is 0.774. The summed E-state index contributed by atoms with van der Waals surface area (Å²) in [6.07, 6.45) is 6.94. The van der Waals surface area contributed by atoms with E-state index < -0.39 is 0 Å². The Morgan fingerprint density at radius 2 is 1.94 bits per heavy atom. The van der Waals surface area contributed by atoms with Crippen molar-refractivity contribution in [1.82, 2.24) is 4.90 Å². The molecule has 0 aromatic heterocycles. The summed E-state index contributed by atoms with van der Waals surface area (Å²) in [5, 5.41) is 0. The van der Waals surface area contributed by atoms with Crippen LogP contribution in [0.25, 0.3) is 0 Å². The highest BCUT2D eigenvalue weighted by Gasteiger charge is 2.45. The molecule has 98 valence electrons. The Morgan fingerprint density at radius 3 is 2.67 bits per heavy atom. The lowest BCUT2D eigenvalue weighted by Gasteiger charge is -2.43. The van der Waals surface area contributed by atoms with E-state index in [2.05, 4.69) is 49.2 Å². The van der Waals surface area contributed by atoms with Crippen molar-refractivity contribution in [3.8, 4) is 0 Å².